The van der Waals surface area contributed by atoms with Crippen molar-refractivity contribution in [2.45, 2.75) is 25.3 Å². The number of carboxylic acid groups (broad SMARTS) is 1. The maximum atomic E-state index is 12.4. The molecule has 0 aromatic rings. The number of alkyl halides is 4. The third-order valence-corrected chi connectivity index (χ3v) is 1.70. The van der Waals surface area contributed by atoms with E-state index in [1.54, 1.807) is 0 Å². The largest absolute Gasteiger partial charge is 0.480 e. The average Bonchev–Trinajstić information content (AvgIpc) is 2.14. The van der Waals surface area contributed by atoms with E-state index >= 15 is 0 Å². The highest BCUT2D eigenvalue weighted by atomic mass is 19.3. The van der Waals surface area contributed by atoms with Gasteiger partial charge >= 0.3 is 18.3 Å². The van der Waals surface area contributed by atoms with Crippen molar-refractivity contribution >= 4 is 11.9 Å². The van der Waals surface area contributed by atoms with E-state index in [9.17, 15) is 27.2 Å². The monoisotopic (exact) mass is 260 g/mol. The Hall–Kier alpha value is -1.38. The van der Waals surface area contributed by atoms with E-state index in [4.69, 9.17) is 5.11 Å². The molecule has 1 unspecified atom stereocenters. The van der Waals surface area contributed by atoms with Gasteiger partial charge in [-0.25, -0.2) is 13.6 Å². The first-order valence-electron chi connectivity index (χ1n) is 4.53. The minimum absolute atomic E-state index is 0.572. The van der Waals surface area contributed by atoms with Gasteiger partial charge in [0, 0.05) is 13.5 Å². The SMILES string of the molecule is CC(=O)NC(CNCC(F)(F)C(F)F)C(=O)O. The van der Waals surface area contributed by atoms with Gasteiger partial charge in [-0.2, -0.15) is 8.78 Å². The average molecular weight is 260 g/mol. The fourth-order valence-corrected chi connectivity index (χ4v) is 0.906. The van der Waals surface area contributed by atoms with Crippen LogP contribution in [-0.4, -0.2) is 48.5 Å². The van der Waals surface area contributed by atoms with Gasteiger partial charge in [-0.1, -0.05) is 0 Å². The molecule has 0 aliphatic heterocycles. The number of nitrogens with one attached hydrogen (secondary N) is 2. The highest BCUT2D eigenvalue weighted by molar-refractivity contribution is 5.82. The molecule has 0 aromatic heterocycles. The number of hydrogen-bond donors (Lipinski definition) is 3. The van der Waals surface area contributed by atoms with Crippen molar-refractivity contribution in [3.8, 4) is 0 Å². The second-order valence-electron chi connectivity index (χ2n) is 3.28. The van der Waals surface area contributed by atoms with E-state index in [1.165, 1.54) is 0 Å². The first-order valence-corrected chi connectivity index (χ1v) is 4.53. The standard InChI is InChI=1S/C8H12F4N2O3/c1-4(15)14-5(6(16)17)2-13-3-8(11,12)7(9)10/h5,7,13H,2-3H2,1H3,(H,14,15)(H,16,17). The second-order valence-corrected chi connectivity index (χ2v) is 3.28. The Morgan fingerprint density at radius 2 is 1.88 bits per heavy atom. The zero-order chi connectivity index (χ0) is 13.6. The molecule has 0 bridgehead atoms. The first kappa shape index (κ1) is 15.6. The van der Waals surface area contributed by atoms with E-state index in [-0.39, 0.29) is 0 Å². The zero-order valence-corrected chi connectivity index (χ0v) is 8.84. The normalized spacial score (nSPS) is 13.5. The molecule has 1 amide bonds. The molecule has 0 radical (unpaired) electrons. The topological polar surface area (TPSA) is 78.4 Å². The van der Waals surface area contributed by atoms with Crippen LogP contribution in [0.5, 0.6) is 0 Å². The summed E-state index contributed by atoms with van der Waals surface area (Å²) in [4.78, 5) is 21.1. The molecule has 3 N–H and O–H groups in total. The van der Waals surface area contributed by atoms with Gasteiger partial charge in [0.1, 0.15) is 6.04 Å². The third-order valence-electron chi connectivity index (χ3n) is 1.70. The van der Waals surface area contributed by atoms with E-state index in [2.05, 4.69) is 0 Å². The minimum atomic E-state index is -4.24. The molecule has 0 saturated carbocycles. The molecule has 0 aromatic carbocycles. The molecule has 1 atom stereocenters. The molecular formula is C8H12F4N2O3. The number of aliphatic carboxylic acids is 1. The molecule has 0 rings (SSSR count). The lowest BCUT2D eigenvalue weighted by molar-refractivity contribution is -0.142. The molecule has 9 heteroatoms. The highest BCUT2D eigenvalue weighted by Gasteiger charge is 2.40. The summed E-state index contributed by atoms with van der Waals surface area (Å²) in [6, 6.07) is -1.44. The van der Waals surface area contributed by atoms with Gasteiger partial charge in [-0.05, 0) is 0 Å². The van der Waals surface area contributed by atoms with Crippen molar-refractivity contribution in [2.75, 3.05) is 13.1 Å². The van der Waals surface area contributed by atoms with Crippen LogP contribution in [0.1, 0.15) is 6.92 Å². The smallest absolute Gasteiger partial charge is 0.327 e. The maximum absolute atomic E-state index is 12.4. The summed E-state index contributed by atoms with van der Waals surface area (Å²) in [5.41, 5.74) is 0. The molecule has 100 valence electrons. The van der Waals surface area contributed by atoms with Crippen LogP contribution in [0.2, 0.25) is 0 Å². The number of hydrogen-bond acceptors (Lipinski definition) is 3. The van der Waals surface area contributed by atoms with Crippen LogP contribution in [0.25, 0.3) is 0 Å². The summed E-state index contributed by atoms with van der Waals surface area (Å²) in [6.07, 6.45) is -3.83. The number of halogens is 4. The Kier molecular flexibility index (Phi) is 5.86. The lowest BCUT2D eigenvalue weighted by Crippen LogP contribution is -2.49. The Bertz CT molecular complexity index is 286. The number of carbonyl (C=O) groups excluding carboxylic acids is 1. The Morgan fingerprint density at radius 1 is 1.35 bits per heavy atom. The van der Waals surface area contributed by atoms with Crippen LogP contribution in [-0.2, 0) is 9.59 Å². The van der Waals surface area contributed by atoms with Crippen molar-refractivity contribution in [1.82, 2.24) is 10.6 Å². The van der Waals surface area contributed by atoms with Crippen LogP contribution in [0.4, 0.5) is 17.6 Å². The molecule has 5 nitrogen and oxygen atoms in total. The number of carboxylic acids is 1. The maximum Gasteiger partial charge on any atom is 0.327 e. The fraction of sp³-hybridized carbons (Fsp3) is 0.750. The van der Waals surface area contributed by atoms with Gasteiger partial charge in [-0.3, -0.25) is 4.79 Å². The van der Waals surface area contributed by atoms with Gasteiger partial charge in [-0.15, -0.1) is 0 Å². The minimum Gasteiger partial charge on any atom is -0.480 e. The first-order chi connectivity index (χ1) is 7.66. The van der Waals surface area contributed by atoms with Crippen molar-refractivity contribution in [3.05, 3.63) is 0 Å². The lowest BCUT2D eigenvalue weighted by Gasteiger charge is -2.18. The Labute approximate surface area is 94.2 Å². The van der Waals surface area contributed by atoms with Crippen molar-refractivity contribution in [3.63, 3.8) is 0 Å². The van der Waals surface area contributed by atoms with E-state index in [1.807, 2.05) is 10.6 Å². The van der Waals surface area contributed by atoms with Crippen molar-refractivity contribution in [2.24, 2.45) is 0 Å². The van der Waals surface area contributed by atoms with E-state index in [0.29, 0.717) is 0 Å². The molecule has 0 aliphatic carbocycles. The van der Waals surface area contributed by atoms with Crippen molar-refractivity contribution < 1.29 is 32.3 Å². The number of amides is 1. The molecule has 0 fully saturated rings. The summed E-state index contributed by atoms with van der Waals surface area (Å²) in [5, 5.41) is 12.4. The molecule has 0 aliphatic rings. The molecule has 17 heavy (non-hydrogen) atoms. The van der Waals surface area contributed by atoms with Crippen LogP contribution in [0.3, 0.4) is 0 Å². The predicted octanol–water partition coefficient (Wildman–Crippen LogP) is 0.0657. The summed E-state index contributed by atoms with van der Waals surface area (Å²) < 4.78 is 48.3. The van der Waals surface area contributed by atoms with Crippen LogP contribution in [0, 0.1) is 0 Å². The van der Waals surface area contributed by atoms with Gasteiger partial charge in [0.15, 0.2) is 0 Å². The zero-order valence-electron chi connectivity index (χ0n) is 8.84. The Morgan fingerprint density at radius 3 is 2.24 bits per heavy atom. The fourth-order valence-electron chi connectivity index (χ4n) is 0.906. The summed E-state index contributed by atoms with van der Waals surface area (Å²) in [7, 11) is 0. The summed E-state index contributed by atoms with van der Waals surface area (Å²) in [5.74, 6) is -6.35. The molecular weight excluding hydrogens is 248 g/mol. The predicted molar refractivity (Wildman–Crippen MR) is 49.1 cm³/mol. The van der Waals surface area contributed by atoms with Gasteiger partial charge in [0.05, 0.1) is 6.54 Å². The molecule has 0 saturated heterocycles. The highest BCUT2D eigenvalue weighted by Crippen LogP contribution is 2.21. The number of carbonyl (C=O) groups is 2. The van der Waals surface area contributed by atoms with Crippen LogP contribution in [0.15, 0.2) is 0 Å². The van der Waals surface area contributed by atoms with Gasteiger partial charge in [0.25, 0.3) is 0 Å². The summed E-state index contributed by atoms with van der Waals surface area (Å²) >= 11 is 0. The molecule has 0 heterocycles. The summed E-state index contributed by atoms with van der Waals surface area (Å²) in [6.45, 7) is -0.894. The second kappa shape index (κ2) is 6.38. The van der Waals surface area contributed by atoms with Crippen molar-refractivity contribution in [1.29, 1.82) is 0 Å². The number of rotatable bonds is 7. The van der Waals surface area contributed by atoms with E-state index in [0.717, 1.165) is 6.92 Å². The van der Waals surface area contributed by atoms with Gasteiger partial charge < -0.3 is 15.7 Å². The lowest BCUT2D eigenvalue weighted by atomic mass is 10.2. The molecule has 0 spiro atoms. The van der Waals surface area contributed by atoms with Crippen LogP contribution < -0.4 is 10.6 Å². The van der Waals surface area contributed by atoms with Crippen LogP contribution >= 0.6 is 0 Å². The third kappa shape index (κ3) is 6.05. The van der Waals surface area contributed by atoms with E-state index < -0.39 is 43.4 Å². The quantitative estimate of drug-likeness (QED) is 0.566. The van der Waals surface area contributed by atoms with Gasteiger partial charge in [0.2, 0.25) is 5.91 Å². The Balaban J connectivity index is 4.15.